The summed E-state index contributed by atoms with van der Waals surface area (Å²) in [5, 5.41) is 17.2. The molecule has 0 saturated heterocycles. The first-order chi connectivity index (χ1) is 15.2. The fourth-order valence-electron chi connectivity index (χ4n) is 1.74. The van der Waals surface area contributed by atoms with Gasteiger partial charge in [-0.1, -0.05) is 15.9 Å². The number of halogens is 7. The van der Waals surface area contributed by atoms with Gasteiger partial charge in [-0.05, 0) is 55.5 Å². The highest BCUT2D eigenvalue weighted by Crippen LogP contribution is 2.30. The van der Waals surface area contributed by atoms with Crippen molar-refractivity contribution in [3.63, 3.8) is 0 Å². The van der Waals surface area contributed by atoms with Crippen LogP contribution in [0.4, 0.5) is 26.3 Å². The van der Waals surface area contributed by atoms with E-state index < -0.39 is 36.1 Å². The van der Waals surface area contributed by atoms with Crippen molar-refractivity contribution in [1.82, 2.24) is 0 Å². The molecule has 0 atom stereocenters. The minimum atomic E-state index is -4.40. The number of hydrogen-bond acceptors (Lipinski definition) is 5. The molecule has 33 heavy (non-hydrogen) atoms. The molecule has 13 heteroatoms. The van der Waals surface area contributed by atoms with E-state index in [1.807, 2.05) is 0 Å². The number of esters is 1. The molecule has 2 aromatic carbocycles. The Kier molecular flexibility index (Phi) is 13.0. The van der Waals surface area contributed by atoms with Gasteiger partial charge in [0.05, 0.1) is 17.7 Å². The van der Waals surface area contributed by atoms with Gasteiger partial charge in [0.1, 0.15) is 16.8 Å². The molecule has 2 rings (SSSR count). The van der Waals surface area contributed by atoms with Crippen LogP contribution in [-0.4, -0.2) is 40.7 Å². The predicted octanol–water partition coefficient (Wildman–Crippen LogP) is 5.52. The first-order valence-corrected chi connectivity index (χ1v) is 9.92. The van der Waals surface area contributed by atoms with E-state index in [1.165, 1.54) is 0 Å². The maximum Gasteiger partial charge on any atom is 0.416 e. The normalized spacial score (nSPS) is 10.7. The topological polar surface area (TPSA) is 93.1 Å². The molecule has 0 radical (unpaired) electrons. The van der Waals surface area contributed by atoms with Crippen molar-refractivity contribution in [2.24, 2.45) is 0 Å². The quantitative estimate of drug-likeness (QED) is 0.290. The lowest BCUT2D eigenvalue weighted by Crippen LogP contribution is -2.10. The lowest BCUT2D eigenvalue weighted by molar-refractivity contribution is -0.140. The second-order valence-electron chi connectivity index (χ2n) is 5.69. The van der Waals surface area contributed by atoms with Crippen molar-refractivity contribution in [2.75, 3.05) is 18.5 Å². The smallest absolute Gasteiger partial charge is 0.416 e. The molecule has 0 saturated carbocycles. The number of rotatable bonds is 5. The molecule has 2 N–H and O–H groups in total. The van der Waals surface area contributed by atoms with Crippen molar-refractivity contribution in [1.29, 1.82) is 0 Å². The van der Waals surface area contributed by atoms with E-state index >= 15 is 0 Å². The summed E-state index contributed by atoms with van der Waals surface area (Å²) in [7, 11) is 0. The van der Waals surface area contributed by atoms with E-state index in [9.17, 15) is 35.9 Å². The SMILES string of the molecule is CCOC(=O)CBr.O=C(O)COc1ccc(C(F)(F)F)cc1.Oc1ccc(C(F)(F)F)cc1. The number of aromatic hydroxyl groups is 1. The number of carboxylic acids is 1. The van der Waals surface area contributed by atoms with Crippen LogP contribution in [0, 0.1) is 0 Å². The average molecular weight is 549 g/mol. The highest BCUT2D eigenvalue weighted by molar-refractivity contribution is 9.09. The number of aliphatic carboxylic acids is 1. The average Bonchev–Trinajstić information content (AvgIpc) is 2.72. The zero-order valence-electron chi connectivity index (χ0n) is 16.9. The van der Waals surface area contributed by atoms with Crippen LogP contribution in [0.5, 0.6) is 11.5 Å². The molecule has 0 amide bonds. The monoisotopic (exact) mass is 548 g/mol. The minimum absolute atomic E-state index is 0.0883. The Morgan fingerprint density at radius 2 is 1.30 bits per heavy atom. The van der Waals surface area contributed by atoms with Crippen molar-refractivity contribution in [3.8, 4) is 11.5 Å². The van der Waals surface area contributed by atoms with E-state index in [4.69, 9.17) is 10.2 Å². The fraction of sp³-hybridized carbons (Fsp3) is 0.300. The first kappa shape index (κ1) is 30.0. The second kappa shape index (κ2) is 14.2. The number of carbonyl (C=O) groups is 2. The Hall–Kier alpha value is -2.96. The van der Waals surface area contributed by atoms with Gasteiger partial charge >= 0.3 is 24.3 Å². The summed E-state index contributed by atoms with van der Waals surface area (Å²) in [6.45, 7) is 1.66. The van der Waals surface area contributed by atoms with Gasteiger partial charge in [-0.15, -0.1) is 0 Å². The number of phenols is 1. The summed E-state index contributed by atoms with van der Waals surface area (Å²) in [4.78, 5) is 20.2. The molecule has 0 aliphatic heterocycles. The van der Waals surface area contributed by atoms with Crippen LogP contribution in [0.15, 0.2) is 48.5 Å². The van der Waals surface area contributed by atoms with E-state index in [2.05, 4.69) is 25.4 Å². The van der Waals surface area contributed by atoms with Crippen LogP contribution in [-0.2, 0) is 26.7 Å². The number of ether oxygens (including phenoxy) is 2. The molecule has 184 valence electrons. The Morgan fingerprint density at radius 1 is 0.879 bits per heavy atom. The molecular formula is C20H19BrF6O6. The van der Waals surface area contributed by atoms with Crippen molar-refractivity contribution in [3.05, 3.63) is 59.7 Å². The van der Waals surface area contributed by atoms with Crippen LogP contribution in [0.25, 0.3) is 0 Å². The molecule has 0 bridgehead atoms. The first-order valence-electron chi connectivity index (χ1n) is 8.80. The van der Waals surface area contributed by atoms with Crippen molar-refractivity contribution >= 4 is 27.9 Å². The third kappa shape index (κ3) is 13.9. The Labute approximate surface area is 192 Å². The van der Waals surface area contributed by atoms with E-state index in [-0.39, 0.29) is 17.5 Å². The molecule has 2 aromatic rings. The van der Waals surface area contributed by atoms with E-state index in [0.717, 1.165) is 48.5 Å². The van der Waals surface area contributed by atoms with Gasteiger partial charge in [-0.2, -0.15) is 26.3 Å². The van der Waals surface area contributed by atoms with Gasteiger partial charge in [-0.3, -0.25) is 4.79 Å². The van der Waals surface area contributed by atoms with Gasteiger partial charge in [0.15, 0.2) is 6.61 Å². The summed E-state index contributed by atoms with van der Waals surface area (Å²) in [5.74, 6) is -1.47. The van der Waals surface area contributed by atoms with Crippen LogP contribution in [0.3, 0.4) is 0 Å². The summed E-state index contributed by atoms with van der Waals surface area (Å²) in [6, 6.07) is 7.47. The Balaban J connectivity index is 0.000000501. The number of benzene rings is 2. The molecule has 0 aliphatic carbocycles. The van der Waals surface area contributed by atoms with Gasteiger partial charge in [0.2, 0.25) is 0 Å². The van der Waals surface area contributed by atoms with Crippen molar-refractivity contribution in [2.45, 2.75) is 19.3 Å². The molecular weight excluding hydrogens is 530 g/mol. The zero-order chi connectivity index (χ0) is 25.7. The lowest BCUT2D eigenvalue weighted by Gasteiger charge is -2.07. The second-order valence-corrected chi connectivity index (χ2v) is 6.25. The molecule has 0 fully saturated rings. The molecule has 0 aliphatic rings. The molecule has 0 spiro atoms. The number of hydrogen-bond donors (Lipinski definition) is 2. The highest BCUT2D eigenvalue weighted by Gasteiger charge is 2.30. The summed E-state index contributed by atoms with van der Waals surface area (Å²) in [6.07, 6.45) is -8.72. The van der Waals surface area contributed by atoms with E-state index in [0.29, 0.717) is 11.9 Å². The largest absolute Gasteiger partial charge is 0.508 e. The molecule has 0 heterocycles. The zero-order valence-corrected chi connectivity index (χ0v) is 18.5. The van der Waals surface area contributed by atoms with Crippen LogP contribution < -0.4 is 4.74 Å². The Bertz CT molecular complexity index is 851. The maximum absolute atomic E-state index is 12.1. The minimum Gasteiger partial charge on any atom is -0.508 e. The lowest BCUT2D eigenvalue weighted by atomic mass is 10.2. The highest BCUT2D eigenvalue weighted by atomic mass is 79.9. The van der Waals surface area contributed by atoms with Gasteiger partial charge in [-0.25, -0.2) is 4.79 Å². The summed E-state index contributed by atoms with van der Waals surface area (Å²) in [5.41, 5.74) is -1.56. The Morgan fingerprint density at radius 3 is 1.61 bits per heavy atom. The molecule has 6 nitrogen and oxygen atoms in total. The summed E-state index contributed by atoms with van der Waals surface area (Å²) < 4.78 is 81.0. The van der Waals surface area contributed by atoms with Crippen molar-refractivity contribution < 1.29 is 55.6 Å². The van der Waals surface area contributed by atoms with Gasteiger partial charge in [0, 0.05) is 0 Å². The predicted molar refractivity (Wildman–Crippen MR) is 108 cm³/mol. The van der Waals surface area contributed by atoms with Crippen LogP contribution in [0.1, 0.15) is 18.1 Å². The van der Waals surface area contributed by atoms with Crippen LogP contribution in [0.2, 0.25) is 0 Å². The van der Waals surface area contributed by atoms with E-state index in [1.54, 1.807) is 6.92 Å². The standard InChI is InChI=1S/C9H7F3O3.C7H5F3O.C4H7BrO2/c10-9(11,12)6-1-3-7(4-2-6)15-5-8(13)14;8-7(9,10)5-1-3-6(11)4-2-5;1-2-7-4(6)3-5/h1-4H,5H2,(H,13,14);1-4,11H;2-3H2,1H3. The third-order valence-electron chi connectivity index (χ3n) is 3.15. The number of alkyl halides is 7. The maximum atomic E-state index is 12.1. The molecule has 0 aromatic heterocycles. The number of carbonyl (C=O) groups excluding carboxylic acids is 1. The number of phenolic OH excluding ortho intramolecular Hbond substituents is 1. The van der Waals surface area contributed by atoms with Crippen LogP contribution >= 0.6 is 15.9 Å². The third-order valence-corrected chi connectivity index (χ3v) is 3.61. The van der Waals surface area contributed by atoms with Gasteiger partial charge in [0.25, 0.3) is 0 Å². The van der Waals surface area contributed by atoms with Gasteiger partial charge < -0.3 is 19.7 Å². The number of carboxylic acid groups (broad SMARTS) is 1. The summed E-state index contributed by atoms with van der Waals surface area (Å²) >= 11 is 2.94. The molecule has 0 unspecified atom stereocenters. The fourth-order valence-corrected chi connectivity index (χ4v) is 1.90.